The van der Waals surface area contributed by atoms with Crippen LogP contribution in [0.3, 0.4) is 0 Å². The van der Waals surface area contributed by atoms with Gasteiger partial charge in [0.15, 0.2) is 0 Å². The molecule has 0 aliphatic rings. The topological polar surface area (TPSA) is 47.1 Å². The Morgan fingerprint density at radius 3 is 2.74 bits per heavy atom. The van der Waals surface area contributed by atoms with E-state index in [9.17, 15) is 0 Å². The molecule has 0 bridgehead atoms. The van der Waals surface area contributed by atoms with Gasteiger partial charge in [0.2, 0.25) is 0 Å². The molecule has 100 valence electrons. The molecule has 0 unspecified atom stereocenters. The number of rotatable bonds is 4. The van der Waals surface area contributed by atoms with Gasteiger partial charge in [0.1, 0.15) is 10.8 Å². The third-order valence-electron chi connectivity index (χ3n) is 3.19. The summed E-state index contributed by atoms with van der Waals surface area (Å²) in [6, 6.07) is 6.03. The summed E-state index contributed by atoms with van der Waals surface area (Å²) in [5.41, 5.74) is 8.86. The molecule has 2 aromatic rings. The van der Waals surface area contributed by atoms with E-state index < -0.39 is 0 Å². The third-order valence-corrected chi connectivity index (χ3v) is 3.43. The highest BCUT2D eigenvalue weighted by Gasteiger charge is 2.09. The van der Waals surface area contributed by atoms with Crippen molar-refractivity contribution in [2.24, 2.45) is 12.8 Å². The molecule has 1 aromatic carbocycles. The summed E-state index contributed by atoms with van der Waals surface area (Å²) in [6.07, 6.45) is 3.76. The van der Waals surface area contributed by atoms with Crippen LogP contribution in [0, 0.1) is 6.92 Å². The molecule has 0 atom stereocenters. The number of thiocarbonyl (C=S) groups is 1. The van der Waals surface area contributed by atoms with Gasteiger partial charge in [0.25, 0.3) is 0 Å². The van der Waals surface area contributed by atoms with Crippen molar-refractivity contribution in [2.75, 3.05) is 11.9 Å². The van der Waals surface area contributed by atoms with Gasteiger partial charge in [-0.05, 0) is 30.7 Å². The molecule has 0 spiro atoms. The van der Waals surface area contributed by atoms with Gasteiger partial charge in [-0.25, -0.2) is 4.98 Å². The van der Waals surface area contributed by atoms with E-state index in [1.165, 1.54) is 0 Å². The smallest absolute Gasteiger partial charge is 0.127 e. The van der Waals surface area contributed by atoms with Crippen LogP contribution in [0.5, 0.6) is 0 Å². The first-order chi connectivity index (χ1) is 8.99. The van der Waals surface area contributed by atoms with Crippen LogP contribution >= 0.6 is 12.2 Å². The largest absolute Gasteiger partial charge is 0.389 e. The fourth-order valence-electron chi connectivity index (χ4n) is 2.08. The van der Waals surface area contributed by atoms with Gasteiger partial charge in [-0.1, -0.05) is 12.2 Å². The monoisotopic (exact) mass is 274 g/mol. The zero-order valence-corrected chi connectivity index (χ0v) is 12.2. The first kappa shape index (κ1) is 13.5. The third kappa shape index (κ3) is 2.93. The Kier molecular flexibility index (Phi) is 3.85. The van der Waals surface area contributed by atoms with E-state index in [1.807, 2.05) is 42.2 Å². The van der Waals surface area contributed by atoms with Gasteiger partial charge < -0.3 is 15.2 Å². The number of aryl methyl sites for hydroxylation is 2. The summed E-state index contributed by atoms with van der Waals surface area (Å²) in [5.74, 6) is 1.03. The Morgan fingerprint density at radius 1 is 1.47 bits per heavy atom. The lowest BCUT2D eigenvalue weighted by Crippen LogP contribution is -2.20. The zero-order chi connectivity index (χ0) is 14.0. The van der Waals surface area contributed by atoms with Crippen molar-refractivity contribution >= 4 is 22.9 Å². The van der Waals surface area contributed by atoms with Crippen molar-refractivity contribution in [2.45, 2.75) is 13.5 Å². The highest BCUT2D eigenvalue weighted by molar-refractivity contribution is 7.80. The summed E-state index contributed by atoms with van der Waals surface area (Å²) in [7, 11) is 4.05. The number of benzene rings is 1. The van der Waals surface area contributed by atoms with Crippen LogP contribution in [-0.2, 0) is 13.6 Å². The second-order valence-electron chi connectivity index (χ2n) is 4.68. The van der Waals surface area contributed by atoms with Crippen LogP contribution < -0.4 is 10.6 Å². The second kappa shape index (κ2) is 5.40. The van der Waals surface area contributed by atoms with Crippen molar-refractivity contribution < 1.29 is 0 Å². The molecule has 0 fully saturated rings. The highest BCUT2D eigenvalue weighted by Crippen LogP contribution is 2.21. The Morgan fingerprint density at radius 2 is 2.21 bits per heavy atom. The van der Waals surface area contributed by atoms with Gasteiger partial charge >= 0.3 is 0 Å². The number of hydrogen-bond donors (Lipinski definition) is 1. The number of hydrogen-bond acceptors (Lipinski definition) is 3. The average molecular weight is 274 g/mol. The SMILES string of the molecule is Cc1cc(C(N)=S)ccc1N(C)Cc1nccn1C. The van der Waals surface area contributed by atoms with Crippen molar-refractivity contribution in [3.8, 4) is 0 Å². The maximum Gasteiger partial charge on any atom is 0.127 e. The molecule has 0 amide bonds. The zero-order valence-electron chi connectivity index (χ0n) is 11.4. The fourth-order valence-corrected chi connectivity index (χ4v) is 2.21. The van der Waals surface area contributed by atoms with Crippen molar-refractivity contribution in [3.63, 3.8) is 0 Å². The summed E-state index contributed by atoms with van der Waals surface area (Å²) in [6.45, 7) is 2.82. The fraction of sp³-hybridized carbons (Fsp3) is 0.286. The van der Waals surface area contributed by atoms with Crippen LogP contribution in [-0.4, -0.2) is 21.6 Å². The van der Waals surface area contributed by atoms with Crippen LogP contribution in [0.2, 0.25) is 0 Å². The van der Waals surface area contributed by atoms with Crippen LogP contribution in [0.1, 0.15) is 17.0 Å². The van der Waals surface area contributed by atoms with Gasteiger partial charge in [-0.2, -0.15) is 0 Å². The number of anilines is 1. The second-order valence-corrected chi connectivity index (χ2v) is 5.12. The van der Waals surface area contributed by atoms with Crippen molar-refractivity contribution in [1.29, 1.82) is 0 Å². The molecule has 0 aliphatic heterocycles. The normalized spacial score (nSPS) is 10.5. The first-order valence-electron chi connectivity index (χ1n) is 6.07. The molecule has 4 nitrogen and oxygen atoms in total. The quantitative estimate of drug-likeness (QED) is 0.866. The number of aromatic nitrogens is 2. The van der Waals surface area contributed by atoms with Crippen LogP contribution in [0.4, 0.5) is 5.69 Å². The summed E-state index contributed by atoms with van der Waals surface area (Å²) in [5, 5.41) is 0. The maximum atomic E-state index is 5.64. The van der Waals surface area contributed by atoms with E-state index in [4.69, 9.17) is 18.0 Å². The Hall–Kier alpha value is -1.88. The molecular weight excluding hydrogens is 256 g/mol. The molecule has 0 aliphatic carbocycles. The minimum Gasteiger partial charge on any atom is -0.389 e. The lowest BCUT2D eigenvalue weighted by atomic mass is 10.1. The van der Waals surface area contributed by atoms with Crippen LogP contribution in [0.15, 0.2) is 30.6 Å². The minimum absolute atomic E-state index is 0.432. The van der Waals surface area contributed by atoms with Gasteiger partial charge in [-0.3, -0.25) is 0 Å². The maximum absolute atomic E-state index is 5.64. The van der Waals surface area contributed by atoms with Gasteiger partial charge in [0.05, 0.1) is 6.54 Å². The van der Waals surface area contributed by atoms with Crippen molar-refractivity contribution in [3.05, 3.63) is 47.5 Å². The van der Waals surface area contributed by atoms with E-state index in [0.717, 1.165) is 29.2 Å². The lowest BCUT2D eigenvalue weighted by Gasteiger charge is -2.21. The molecule has 1 aromatic heterocycles. The number of nitrogens with two attached hydrogens (primary N) is 1. The standard InChI is InChI=1S/C14H18N4S/c1-10-8-11(14(15)19)4-5-12(10)18(3)9-13-16-6-7-17(13)2/h4-8H,9H2,1-3H3,(H2,15,19). The molecule has 5 heteroatoms. The predicted molar refractivity (Wildman–Crippen MR) is 82.4 cm³/mol. The molecule has 0 saturated heterocycles. The van der Waals surface area contributed by atoms with E-state index in [-0.39, 0.29) is 0 Å². The highest BCUT2D eigenvalue weighted by atomic mass is 32.1. The number of nitrogens with zero attached hydrogens (tertiary/aromatic N) is 3. The van der Waals surface area contributed by atoms with Crippen molar-refractivity contribution in [1.82, 2.24) is 9.55 Å². The van der Waals surface area contributed by atoms with Gasteiger partial charge in [-0.15, -0.1) is 0 Å². The minimum atomic E-state index is 0.432. The summed E-state index contributed by atoms with van der Waals surface area (Å²) < 4.78 is 2.02. The summed E-state index contributed by atoms with van der Waals surface area (Å²) in [4.78, 5) is 6.94. The molecule has 0 saturated carbocycles. The Bertz CT molecular complexity index is 603. The molecule has 1 heterocycles. The van der Waals surface area contributed by atoms with E-state index in [2.05, 4.69) is 23.9 Å². The predicted octanol–water partition coefficient (Wildman–Crippen LogP) is 2.00. The van der Waals surface area contributed by atoms with E-state index in [0.29, 0.717) is 4.99 Å². The molecule has 2 N–H and O–H groups in total. The number of imidazole rings is 1. The van der Waals surface area contributed by atoms with E-state index >= 15 is 0 Å². The Labute approximate surface area is 118 Å². The van der Waals surface area contributed by atoms with Crippen LogP contribution in [0.25, 0.3) is 0 Å². The van der Waals surface area contributed by atoms with Gasteiger partial charge in [0, 0.05) is 37.7 Å². The average Bonchev–Trinajstić information content (AvgIpc) is 2.74. The molecular formula is C14H18N4S. The van der Waals surface area contributed by atoms with E-state index in [1.54, 1.807) is 0 Å². The molecule has 0 radical (unpaired) electrons. The molecule has 19 heavy (non-hydrogen) atoms. The lowest BCUT2D eigenvalue weighted by molar-refractivity contribution is 0.760. The Balaban J connectivity index is 2.22. The summed E-state index contributed by atoms with van der Waals surface area (Å²) >= 11 is 4.99. The molecule has 2 rings (SSSR count). The first-order valence-corrected chi connectivity index (χ1v) is 6.47.